The number of rotatable bonds is 6. The molecule has 1 aromatic carbocycles. The highest BCUT2D eigenvalue weighted by Gasteiger charge is 2.59. The lowest BCUT2D eigenvalue weighted by Gasteiger charge is -2.41. The minimum Gasteiger partial charge on any atom is -0.444 e. The minimum absolute atomic E-state index is 0.0577. The van der Waals surface area contributed by atoms with Crippen molar-refractivity contribution in [3.05, 3.63) is 84.2 Å². The van der Waals surface area contributed by atoms with E-state index in [9.17, 15) is 19.2 Å². The number of carbonyl (C=O) groups excluding carboxylic acids is 4. The van der Waals surface area contributed by atoms with Gasteiger partial charge in [-0.3, -0.25) is 34.2 Å². The Morgan fingerprint density at radius 2 is 1.69 bits per heavy atom. The van der Waals surface area contributed by atoms with Gasteiger partial charge < -0.3 is 20.3 Å². The van der Waals surface area contributed by atoms with Crippen molar-refractivity contribution in [2.45, 2.75) is 69.6 Å². The molecule has 1 aliphatic carbocycles. The van der Waals surface area contributed by atoms with E-state index in [2.05, 4.69) is 9.97 Å². The number of fused-ring (bicyclic) bond motifs is 3. The molecule has 12 heteroatoms. The number of pyridine rings is 3. The van der Waals surface area contributed by atoms with Crippen LogP contribution in [0.5, 0.6) is 0 Å². The Kier molecular flexibility index (Phi) is 7.64. The molecule has 0 radical (unpaired) electrons. The third-order valence-electron chi connectivity index (χ3n) is 10.1. The lowest BCUT2D eigenvalue weighted by molar-refractivity contribution is -0.141. The zero-order valence-electron chi connectivity index (χ0n) is 28.1. The molecule has 2 fully saturated rings. The SMILES string of the molecule is CN(C(=O)OC(C)(C)C)C1(C(=O)N2CCC3(CC2)C(=O)N(Cc2ncc4ccccc4c2-c2ccc(C(N)=O)nc2)c2cnccc23)CC1. The number of hydrogen-bond acceptors (Lipinski definition) is 8. The highest BCUT2D eigenvalue weighted by atomic mass is 16.6. The molecule has 4 amide bonds. The van der Waals surface area contributed by atoms with Crippen molar-refractivity contribution in [1.82, 2.24) is 24.8 Å². The molecule has 0 atom stereocenters. The van der Waals surface area contributed by atoms with Crippen LogP contribution in [-0.4, -0.2) is 79.8 Å². The van der Waals surface area contributed by atoms with Crippen LogP contribution in [0.3, 0.4) is 0 Å². The van der Waals surface area contributed by atoms with Crippen LogP contribution in [0, 0.1) is 0 Å². The van der Waals surface area contributed by atoms with Crippen LogP contribution in [0.15, 0.2) is 67.3 Å². The molecule has 0 bridgehead atoms. The quantitative estimate of drug-likeness (QED) is 0.315. The molecule has 252 valence electrons. The topological polar surface area (TPSA) is 152 Å². The summed E-state index contributed by atoms with van der Waals surface area (Å²) < 4.78 is 5.56. The van der Waals surface area contributed by atoms with E-state index in [1.54, 1.807) is 74.5 Å². The summed E-state index contributed by atoms with van der Waals surface area (Å²) in [6, 6.07) is 13.2. The average molecular weight is 662 g/mol. The number of likely N-dealkylation sites (tertiary alicyclic amines) is 1. The number of benzene rings is 1. The predicted molar refractivity (Wildman–Crippen MR) is 182 cm³/mol. The summed E-state index contributed by atoms with van der Waals surface area (Å²) >= 11 is 0. The Morgan fingerprint density at radius 1 is 0.959 bits per heavy atom. The second-order valence-corrected chi connectivity index (χ2v) is 14.2. The van der Waals surface area contributed by atoms with Crippen LogP contribution >= 0.6 is 0 Å². The zero-order valence-corrected chi connectivity index (χ0v) is 28.1. The van der Waals surface area contributed by atoms with Gasteiger partial charge in [0.1, 0.15) is 16.8 Å². The van der Waals surface area contributed by atoms with E-state index < -0.39 is 28.6 Å². The fourth-order valence-corrected chi connectivity index (χ4v) is 7.32. The monoisotopic (exact) mass is 661 g/mol. The molecule has 1 saturated heterocycles. The third kappa shape index (κ3) is 5.44. The number of anilines is 1. The van der Waals surface area contributed by atoms with Crippen LogP contribution in [0.25, 0.3) is 21.9 Å². The second-order valence-electron chi connectivity index (χ2n) is 14.2. The maximum absolute atomic E-state index is 14.6. The molecule has 49 heavy (non-hydrogen) atoms. The van der Waals surface area contributed by atoms with E-state index in [0.717, 1.165) is 33.2 Å². The predicted octanol–water partition coefficient (Wildman–Crippen LogP) is 4.60. The molecule has 7 rings (SSSR count). The van der Waals surface area contributed by atoms with Gasteiger partial charge in [0.15, 0.2) is 0 Å². The van der Waals surface area contributed by atoms with Crippen LogP contribution in [0.1, 0.15) is 68.2 Å². The Bertz CT molecular complexity index is 1990. The van der Waals surface area contributed by atoms with Gasteiger partial charge in [0.2, 0.25) is 11.8 Å². The highest BCUT2D eigenvalue weighted by molar-refractivity contribution is 6.08. The minimum atomic E-state index is -0.914. The van der Waals surface area contributed by atoms with Crippen LogP contribution in [0.2, 0.25) is 0 Å². The highest BCUT2D eigenvalue weighted by Crippen LogP contribution is 2.50. The van der Waals surface area contributed by atoms with E-state index in [1.165, 1.54) is 4.90 Å². The molecule has 3 aliphatic rings. The van der Waals surface area contributed by atoms with Crippen LogP contribution < -0.4 is 10.6 Å². The number of piperidine rings is 1. The lowest BCUT2D eigenvalue weighted by atomic mass is 9.74. The second kappa shape index (κ2) is 11.6. The van der Waals surface area contributed by atoms with E-state index >= 15 is 0 Å². The molecule has 4 aromatic rings. The van der Waals surface area contributed by atoms with Crippen LogP contribution in [0.4, 0.5) is 10.5 Å². The summed E-state index contributed by atoms with van der Waals surface area (Å²) in [6.45, 7) is 6.34. The lowest BCUT2D eigenvalue weighted by Crippen LogP contribution is -2.56. The summed E-state index contributed by atoms with van der Waals surface area (Å²) in [5.74, 6) is -0.776. The van der Waals surface area contributed by atoms with Crippen molar-refractivity contribution in [2.24, 2.45) is 5.73 Å². The maximum Gasteiger partial charge on any atom is 0.410 e. The summed E-state index contributed by atoms with van der Waals surface area (Å²) in [5, 5.41) is 1.86. The molecule has 5 heterocycles. The van der Waals surface area contributed by atoms with Gasteiger partial charge in [0.05, 0.1) is 29.5 Å². The Labute approximate surface area is 284 Å². The molecule has 1 spiro atoms. The fourth-order valence-electron chi connectivity index (χ4n) is 7.32. The first-order valence-corrected chi connectivity index (χ1v) is 16.5. The van der Waals surface area contributed by atoms with Crippen molar-refractivity contribution in [1.29, 1.82) is 0 Å². The third-order valence-corrected chi connectivity index (χ3v) is 10.1. The van der Waals surface area contributed by atoms with Crippen molar-refractivity contribution < 1.29 is 23.9 Å². The number of hydrogen-bond donors (Lipinski definition) is 1. The molecular formula is C37H39N7O5. The van der Waals surface area contributed by atoms with E-state index in [1.807, 2.05) is 30.3 Å². The van der Waals surface area contributed by atoms with Crippen molar-refractivity contribution in [3.63, 3.8) is 0 Å². The zero-order chi connectivity index (χ0) is 34.7. The Morgan fingerprint density at radius 3 is 2.35 bits per heavy atom. The van der Waals surface area contributed by atoms with E-state index in [0.29, 0.717) is 44.5 Å². The van der Waals surface area contributed by atoms with Gasteiger partial charge in [-0.05, 0) is 69.5 Å². The first-order chi connectivity index (χ1) is 23.3. The molecule has 2 aliphatic heterocycles. The van der Waals surface area contributed by atoms with Gasteiger partial charge in [0, 0.05) is 55.2 Å². The number of nitrogens with two attached hydrogens (primary N) is 1. The normalized spacial score (nSPS) is 17.6. The van der Waals surface area contributed by atoms with E-state index in [4.69, 9.17) is 15.5 Å². The van der Waals surface area contributed by atoms with Gasteiger partial charge in [-0.1, -0.05) is 30.3 Å². The first kappa shape index (κ1) is 32.2. The standard InChI is InChI=1S/C37H39N7O5/c1-35(2,3)49-34(48)42(4)37(12-13-37)33(47)43-17-14-36(15-18-43)26-11-16-39-21-29(26)44(32(36)46)22-28-30(24-9-10-27(31(38)45)40-20-24)25-8-6-5-7-23(25)19-41-28/h5-11,16,19-21H,12-15,17-18,22H2,1-4H3,(H2,38,45). The fraction of sp³-hybridized carbons (Fsp3) is 0.378. The van der Waals surface area contributed by atoms with Gasteiger partial charge in [0.25, 0.3) is 5.91 Å². The number of amides is 4. The number of aromatic nitrogens is 3. The largest absolute Gasteiger partial charge is 0.444 e. The molecular weight excluding hydrogens is 622 g/mol. The number of nitrogens with zero attached hydrogens (tertiary/aromatic N) is 6. The van der Waals surface area contributed by atoms with Gasteiger partial charge >= 0.3 is 6.09 Å². The van der Waals surface area contributed by atoms with Gasteiger partial charge in [-0.2, -0.15) is 0 Å². The number of primary amides is 1. The smallest absolute Gasteiger partial charge is 0.410 e. The van der Waals surface area contributed by atoms with Crippen molar-refractivity contribution in [3.8, 4) is 11.1 Å². The Balaban J connectivity index is 1.17. The van der Waals surface area contributed by atoms with Gasteiger partial charge in [-0.25, -0.2) is 4.79 Å². The van der Waals surface area contributed by atoms with E-state index in [-0.39, 0.29) is 24.1 Å². The molecule has 1 saturated carbocycles. The van der Waals surface area contributed by atoms with Crippen LogP contribution in [-0.2, 0) is 26.3 Å². The molecule has 3 aromatic heterocycles. The molecule has 2 N–H and O–H groups in total. The van der Waals surface area contributed by atoms with Crippen molar-refractivity contribution in [2.75, 3.05) is 25.0 Å². The number of ether oxygens (including phenoxy) is 1. The summed E-state index contributed by atoms with van der Waals surface area (Å²) in [5.41, 5.74) is 7.02. The van der Waals surface area contributed by atoms with Crippen molar-refractivity contribution >= 4 is 40.3 Å². The van der Waals surface area contributed by atoms with Gasteiger partial charge in [-0.15, -0.1) is 0 Å². The summed E-state index contributed by atoms with van der Waals surface area (Å²) in [7, 11) is 1.63. The number of carbonyl (C=O) groups is 4. The average Bonchev–Trinajstić information content (AvgIpc) is 3.87. The number of likely N-dealkylation sites (N-methyl/N-ethyl adjacent to an activating group) is 1. The summed E-state index contributed by atoms with van der Waals surface area (Å²) in [6.07, 6.45) is 8.34. The molecule has 0 unspecified atom stereocenters. The Hall–Kier alpha value is -5.39. The first-order valence-electron chi connectivity index (χ1n) is 16.5. The summed E-state index contributed by atoms with van der Waals surface area (Å²) in [4.78, 5) is 71.6. The maximum atomic E-state index is 14.6. The molecule has 12 nitrogen and oxygen atoms in total.